The minimum Gasteiger partial charge on any atom is -0.493 e. The lowest BCUT2D eigenvalue weighted by atomic mass is 10.0. The maximum atomic E-state index is 10.4. The molecule has 1 aliphatic heterocycles. The lowest BCUT2D eigenvalue weighted by Gasteiger charge is -2.34. The van der Waals surface area contributed by atoms with E-state index in [1.165, 1.54) is 0 Å². The largest absolute Gasteiger partial charge is 0.493 e. The molecule has 1 atom stereocenters. The molecule has 0 spiro atoms. The SMILES string of the molecule is CC1COCCN1c1cc(-c2cccnc2O)c2ccnc(-c3ccn[nH]3)c2n1. The number of anilines is 1. The summed E-state index contributed by atoms with van der Waals surface area (Å²) in [5.41, 5.74) is 3.76. The summed E-state index contributed by atoms with van der Waals surface area (Å²) in [4.78, 5) is 15.8. The van der Waals surface area contributed by atoms with Crippen LogP contribution in [0, 0.1) is 0 Å². The van der Waals surface area contributed by atoms with E-state index in [9.17, 15) is 5.11 Å². The van der Waals surface area contributed by atoms with Crippen LogP contribution in [0.25, 0.3) is 33.4 Å². The zero-order chi connectivity index (χ0) is 19.8. The second-order valence-corrected chi connectivity index (χ2v) is 7.05. The van der Waals surface area contributed by atoms with Crippen LogP contribution in [-0.4, -0.2) is 56.1 Å². The molecule has 0 radical (unpaired) electrons. The molecule has 0 aromatic carbocycles. The summed E-state index contributed by atoms with van der Waals surface area (Å²) in [5, 5.41) is 18.4. The molecule has 8 nitrogen and oxygen atoms in total. The third-order valence-corrected chi connectivity index (χ3v) is 5.21. The number of aromatic nitrogens is 5. The van der Waals surface area contributed by atoms with Gasteiger partial charge in [-0.3, -0.25) is 10.1 Å². The van der Waals surface area contributed by atoms with Gasteiger partial charge in [-0.1, -0.05) is 0 Å². The average Bonchev–Trinajstić information content (AvgIpc) is 3.28. The van der Waals surface area contributed by atoms with E-state index in [4.69, 9.17) is 9.72 Å². The molecule has 1 saturated heterocycles. The molecule has 146 valence electrons. The third kappa shape index (κ3) is 3.07. The Balaban J connectivity index is 1.80. The van der Waals surface area contributed by atoms with E-state index in [0.717, 1.165) is 34.5 Å². The number of fused-ring (bicyclic) bond motifs is 1. The van der Waals surface area contributed by atoms with Crippen LogP contribution in [0.3, 0.4) is 0 Å². The normalized spacial score (nSPS) is 17.0. The van der Waals surface area contributed by atoms with Gasteiger partial charge in [0.2, 0.25) is 5.88 Å². The maximum absolute atomic E-state index is 10.4. The molecule has 29 heavy (non-hydrogen) atoms. The first-order valence-electron chi connectivity index (χ1n) is 9.50. The number of pyridine rings is 3. The summed E-state index contributed by atoms with van der Waals surface area (Å²) in [7, 11) is 0. The van der Waals surface area contributed by atoms with Crippen molar-refractivity contribution in [2.45, 2.75) is 13.0 Å². The first-order chi connectivity index (χ1) is 14.2. The molecule has 0 amide bonds. The Bertz CT molecular complexity index is 1160. The summed E-state index contributed by atoms with van der Waals surface area (Å²) in [6.45, 7) is 4.16. The zero-order valence-corrected chi connectivity index (χ0v) is 15.9. The van der Waals surface area contributed by atoms with Crippen LogP contribution >= 0.6 is 0 Å². The van der Waals surface area contributed by atoms with Crippen molar-refractivity contribution in [2.24, 2.45) is 0 Å². The summed E-state index contributed by atoms with van der Waals surface area (Å²) in [6, 6.07) is 9.66. The Morgan fingerprint density at radius 3 is 2.86 bits per heavy atom. The fraction of sp³-hybridized carbons (Fsp3) is 0.238. The summed E-state index contributed by atoms with van der Waals surface area (Å²) < 4.78 is 5.59. The van der Waals surface area contributed by atoms with Crippen molar-refractivity contribution >= 4 is 16.7 Å². The van der Waals surface area contributed by atoms with Crippen molar-refractivity contribution in [2.75, 3.05) is 24.7 Å². The van der Waals surface area contributed by atoms with E-state index in [1.54, 1.807) is 18.6 Å². The van der Waals surface area contributed by atoms with E-state index in [2.05, 4.69) is 32.0 Å². The second-order valence-electron chi connectivity index (χ2n) is 7.05. The smallest absolute Gasteiger partial charge is 0.218 e. The standard InChI is InChI=1S/C21H20N6O2/c1-13-12-29-10-9-27(13)18-11-16(15-3-2-6-23-21(15)28)14-4-7-22-20(19(14)25-18)17-5-8-24-26-17/h2-8,11,13H,9-10,12H2,1H3,(H,23,28)(H,24,26). The number of nitrogens with one attached hydrogen (secondary N) is 1. The Kier molecular flexibility index (Phi) is 4.33. The van der Waals surface area contributed by atoms with Crippen molar-refractivity contribution in [3.8, 4) is 28.4 Å². The number of aromatic hydroxyl groups is 1. The minimum absolute atomic E-state index is 0.0131. The van der Waals surface area contributed by atoms with E-state index in [1.807, 2.05) is 30.3 Å². The van der Waals surface area contributed by atoms with Gasteiger partial charge in [0.25, 0.3) is 0 Å². The molecule has 5 heterocycles. The number of rotatable bonds is 3. The van der Waals surface area contributed by atoms with Gasteiger partial charge in [0.1, 0.15) is 17.0 Å². The van der Waals surface area contributed by atoms with Gasteiger partial charge < -0.3 is 14.7 Å². The number of aromatic amines is 1. The summed E-state index contributed by atoms with van der Waals surface area (Å²) in [6.07, 6.45) is 5.01. The number of morpholine rings is 1. The summed E-state index contributed by atoms with van der Waals surface area (Å²) in [5.74, 6) is 0.807. The van der Waals surface area contributed by atoms with Crippen molar-refractivity contribution in [3.05, 3.63) is 48.9 Å². The third-order valence-electron chi connectivity index (χ3n) is 5.21. The predicted molar refractivity (Wildman–Crippen MR) is 110 cm³/mol. The van der Waals surface area contributed by atoms with Gasteiger partial charge in [0.05, 0.1) is 24.9 Å². The van der Waals surface area contributed by atoms with Gasteiger partial charge in [-0.25, -0.2) is 9.97 Å². The minimum atomic E-state index is -0.0131. The van der Waals surface area contributed by atoms with Crippen LogP contribution in [0.2, 0.25) is 0 Å². The van der Waals surface area contributed by atoms with Crippen molar-refractivity contribution in [1.82, 2.24) is 25.1 Å². The Morgan fingerprint density at radius 2 is 2.07 bits per heavy atom. The van der Waals surface area contributed by atoms with Gasteiger partial charge >= 0.3 is 0 Å². The van der Waals surface area contributed by atoms with Gasteiger partial charge in [-0.15, -0.1) is 0 Å². The molecule has 4 aromatic rings. The van der Waals surface area contributed by atoms with Crippen LogP contribution in [0.15, 0.2) is 48.9 Å². The predicted octanol–water partition coefficient (Wildman–Crippen LogP) is 3.01. The fourth-order valence-corrected chi connectivity index (χ4v) is 3.77. The highest BCUT2D eigenvalue weighted by Gasteiger charge is 2.23. The number of H-pyrrole nitrogens is 1. The highest BCUT2D eigenvalue weighted by molar-refractivity contribution is 6.02. The maximum Gasteiger partial charge on any atom is 0.218 e. The van der Waals surface area contributed by atoms with Gasteiger partial charge in [0, 0.05) is 41.6 Å². The zero-order valence-electron chi connectivity index (χ0n) is 15.9. The monoisotopic (exact) mass is 388 g/mol. The van der Waals surface area contributed by atoms with Crippen LogP contribution in [-0.2, 0) is 4.74 Å². The summed E-state index contributed by atoms with van der Waals surface area (Å²) >= 11 is 0. The lowest BCUT2D eigenvalue weighted by molar-refractivity contribution is 0.0986. The molecule has 8 heteroatoms. The van der Waals surface area contributed by atoms with Gasteiger partial charge in [-0.05, 0) is 37.3 Å². The van der Waals surface area contributed by atoms with Crippen LogP contribution in [0.4, 0.5) is 5.82 Å². The topological polar surface area (TPSA) is 100 Å². The van der Waals surface area contributed by atoms with Crippen LogP contribution < -0.4 is 4.90 Å². The van der Waals surface area contributed by atoms with Crippen molar-refractivity contribution in [3.63, 3.8) is 0 Å². The number of hydrogen-bond acceptors (Lipinski definition) is 7. The average molecular weight is 388 g/mol. The van der Waals surface area contributed by atoms with Crippen molar-refractivity contribution in [1.29, 1.82) is 0 Å². The van der Waals surface area contributed by atoms with E-state index in [-0.39, 0.29) is 11.9 Å². The molecule has 0 bridgehead atoms. The molecular weight excluding hydrogens is 368 g/mol. The Labute approximate surface area is 167 Å². The molecule has 1 unspecified atom stereocenters. The van der Waals surface area contributed by atoms with Crippen LogP contribution in [0.1, 0.15) is 6.92 Å². The first-order valence-corrected chi connectivity index (χ1v) is 9.50. The highest BCUT2D eigenvalue weighted by atomic mass is 16.5. The van der Waals surface area contributed by atoms with Crippen molar-refractivity contribution < 1.29 is 9.84 Å². The highest BCUT2D eigenvalue weighted by Crippen LogP contribution is 2.37. The van der Waals surface area contributed by atoms with E-state index in [0.29, 0.717) is 24.5 Å². The quantitative estimate of drug-likeness (QED) is 0.556. The molecule has 4 aromatic heterocycles. The molecule has 1 aliphatic rings. The molecule has 0 aliphatic carbocycles. The molecule has 1 fully saturated rings. The van der Waals surface area contributed by atoms with E-state index >= 15 is 0 Å². The van der Waals surface area contributed by atoms with Gasteiger partial charge in [-0.2, -0.15) is 5.10 Å². The fourth-order valence-electron chi connectivity index (χ4n) is 3.77. The first kappa shape index (κ1) is 17.6. The van der Waals surface area contributed by atoms with Gasteiger partial charge in [0.15, 0.2) is 0 Å². The Morgan fingerprint density at radius 1 is 1.14 bits per heavy atom. The number of nitrogens with zero attached hydrogens (tertiary/aromatic N) is 5. The second kappa shape index (κ2) is 7.14. The van der Waals surface area contributed by atoms with Crippen LogP contribution in [0.5, 0.6) is 5.88 Å². The number of ether oxygens (including phenoxy) is 1. The lowest BCUT2D eigenvalue weighted by Crippen LogP contribution is -2.44. The number of hydrogen-bond donors (Lipinski definition) is 2. The van der Waals surface area contributed by atoms with E-state index < -0.39 is 0 Å². The molecule has 2 N–H and O–H groups in total. The Hall–Kier alpha value is -3.52. The molecular formula is C21H20N6O2. The molecule has 5 rings (SSSR count). The molecule has 0 saturated carbocycles.